The Kier molecular flexibility index (Phi) is 3.29. The number of thiazole rings is 1. The van der Waals surface area contributed by atoms with Crippen LogP contribution in [0, 0.1) is 0 Å². The minimum atomic E-state index is 0.649. The number of hydrogen-bond acceptors (Lipinski definition) is 5. The number of rotatable bonds is 3. The van der Waals surface area contributed by atoms with Gasteiger partial charge in [0.05, 0.1) is 17.9 Å². The lowest BCUT2D eigenvalue weighted by Gasteiger charge is -2.38. The molecule has 0 amide bonds. The van der Waals surface area contributed by atoms with Crippen molar-refractivity contribution in [2.45, 2.75) is 13.5 Å². The molecule has 19 heavy (non-hydrogen) atoms. The standard InChI is InChI=1S/C14H18N4S/c1-2-17-7-8-18(10-11-9-16-14(15)19-11)13-6-4-3-5-12(13)17/h3-6,9H,2,7-8,10H2,1H3,(H2,15,16). The fraction of sp³-hybridized carbons (Fsp3) is 0.357. The van der Waals surface area contributed by atoms with Crippen molar-refractivity contribution in [2.75, 3.05) is 35.2 Å². The van der Waals surface area contributed by atoms with Crippen LogP contribution in [0.5, 0.6) is 0 Å². The second-order valence-corrected chi connectivity index (χ2v) is 5.80. The molecule has 0 bridgehead atoms. The zero-order chi connectivity index (χ0) is 13.2. The Balaban J connectivity index is 1.87. The number of para-hydroxylation sites is 2. The van der Waals surface area contributed by atoms with Gasteiger partial charge in [0.2, 0.25) is 0 Å². The molecule has 1 aromatic heterocycles. The van der Waals surface area contributed by atoms with Crippen LogP contribution in [0.25, 0.3) is 0 Å². The van der Waals surface area contributed by atoms with Crippen molar-refractivity contribution in [2.24, 2.45) is 0 Å². The topological polar surface area (TPSA) is 45.4 Å². The molecule has 1 aliphatic heterocycles. The first-order valence-corrected chi connectivity index (χ1v) is 7.38. The van der Waals surface area contributed by atoms with E-state index in [1.165, 1.54) is 16.3 Å². The van der Waals surface area contributed by atoms with Gasteiger partial charge in [-0.25, -0.2) is 4.98 Å². The number of benzene rings is 1. The molecule has 3 rings (SSSR count). The van der Waals surface area contributed by atoms with Gasteiger partial charge in [-0.3, -0.25) is 0 Å². The van der Waals surface area contributed by atoms with E-state index in [4.69, 9.17) is 5.73 Å². The maximum Gasteiger partial charge on any atom is 0.180 e. The van der Waals surface area contributed by atoms with Crippen LogP contribution >= 0.6 is 11.3 Å². The predicted octanol–water partition coefficient (Wildman–Crippen LogP) is 2.57. The molecule has 0 saturated heterocycles. The zero-order valence-corrected chi connectivity index (χ0v) is 11.9. The molecule has 2 aromatic rings. The van der Waals surface area contributed by atoms with E-state index in [9.17, 15) is 0 Å². The SMILES string of the molecule is CCN1CCN(Cc2cnc(N)s2)c2ccccc21. The quantitative estimate of drug-likeness (QED) is 0.934. The number of hydrogen-bond donors (Lipinski definition) is 1. The van der Waals surface area contributed by atoms with Gasteiger partial charge in [-0.2, -0.15) is 0 Å². The summed E-state index contributed by atoms with van der Waals surface area (Å²) in [5.74, 6) is 0. The van der Waals surface area contributed by atoms with E-state index in [2.05, 4.69) is 46.0 Å². The Morgan fingerprint density at radius 1 is 1.21 bits per heavy atom. The van der Waals surface area contributed by atoms with Crippen molar-refractivity contribution in [1.82, 2.24) is 4.98 Å². The third kappa shape index (κ3) is 2.38. The normalized spacial score (nSPS) is 14.6. The van der Waals surface area contributed by atoms with Gasteiger partial charge in [-0.15, -0.1) is 11.3 Å². The summed E-state index contributed by atoms with van der Waals surface area (Å²) in [7, 11) is 0. The first kappa shape index (κ1) is 12.3. The summed E-state index contributed by atoms with van der Waals surface area (Å²) in [4.78, 5) is 10.2. The smallest absolute Gasteiger partial charge is 0.180 e. The third-order valence-corrected chi connectivity index (χ3v) is 4.31. The highest BCUT2D eigenvalue weighted by atomic mass is 32.1. The van der Waals surface area contributed by atoms with Gasteiger partial charge in [-0.05, 0) is 19.1 Å². The molecule has 0 saturated carbocycles. The summed E-state index contributed by atoms with van der Waals surface area (Å²) in [5, 5.41) is 0.649. The molecule has 2 heterocycles. The highest BCUT2D eigenvalue weighted by Gasteiger charge is 2.21. The summed E-state index contributed by atoms with van der Waals surface area (Å²) < 4.78 is 0. The second-order valence-electron chi connectivity index (χ2n) is 4.65. The summed E-state index contributed by atoms with van der Waals surface area (Å²) in [5.41, 5.74) is 8.34. The lowest BCUT2D eigenvalue weighted by atomic mass is 10.1. The molecule has 0 unspecified atom stereocenters. The van der Waals surface area contributed by atoms with Crippen LogP contribution in [0.4, 0.5) is 16.5 Å². The number of aromatic nitrogens is 1. The van der Waals surface area contributed by atoms with Crippen LogP contribution in [-0.2, 0) is 6.54 Å². The minimum Gasteiger partial charge on any atom is -0.375 e. The molecule has 5 heteroatoms. The number of nitrogen functional groups attached to an aromatic ring is 1. The molecule has 0 radical (unpaired) electrons. The number of likely N-dealkylation sites (N-methyl/N-ethyl adjacent to an activating group) is 1. The van der Waals surface area contributed by atoms with Crippen molar-refractivity contribution in [3.63, 3.8) is 0 Å². The van der Waals surface area contributed by atoms with Crippen LogP contribution in [0.2, 0.25) is 0 Å². The molecule has 0 atom stereocenters. The van der Waals surface area contributed by atoms with E-state index in [-0.39, 0.29) is 0 Å². The van der Waals surface area contributed by atoms with Crippen molar-refractivity contribution in [3.8, 4) is 0 Å². The van der Waals surface area contributed by atoms with Gasteiger partial charge in [0.25, 0.3) is 0 Å². The monoisotopic (exact) mass is 274 g/mol. The Hall–Kier alpha value is -1.75. The number of anilines is 3. The number of nitrogens with zero attached hydrogens (tertiary/aromatic N) is 3. The Morgan fingerprint density at radius 2 is 1.89 bits per heavy atom. The summed E-state index contributed by atoms with van der Waals surface area (Å²) >= 11 is 1.57. The van der Waals surface area contributed by atoms with Gasteiger partial charge in [-0.1, -0.05) is 12.1 Å². The van der Waals surface area contributed by atoms with Crippen LogP contribution in [0.15, 0.2) is 30.5 Å². The van der Waals surface area contributed by atoms with E-state index < -0.39 is 0 Å². The molecule has 2 N–H and O–H groups in total. The lowest BCUT2D eigenvalue weighted by molar-refractivity contribution is 0.711. The molecule has 0 spiro atoms. The Bertz CT molecular complexity index is 566. The van der Waals surface area contributed by atoms with E-state index in [0.717, 1.165) is 26.2 Å². The largest absolute Gasteiger partial charge is 0.375 e. The molecular formula is C14H18N4S. The summed E-state index contributed by atoms with van der Waals surface area (Å²) in [6.07, 6.45) is 1.88. The van der Waals surface area contributed by atoms with Crippen LogP contribution in [0.3, 0.4) is 0 Å². The summed E-state index contributed by atoms with van der Waals surface area (Å²) in [6, 6.07) is 8.61. The first-order chi connectivity index (χ1) is 9.28. The van der Waals surface area contributed by atoms with Crippen LogP contribution < -0.4 is 15.5 Å². The number of nitrogens with two attached hydrogens (primary N) is 1. The van der Waals surface area contributed by atoms with Crippen molar-refractivity contribution < 1.29 is 0 Å². The zero-order valence-electron chi connectivity index (χ0n) is 11.0. The van der Waals surface area contributed by atoms with E-state index >= 15 is 0 Å². The first-order valence-electron chi connectivity index (χ1n) is 6.57. The Labute approximate surface area is 117 Å². The van der Waals surface area contributed by atoms with Gasteiger partial charge in [0, 0.05) is 30.7 Å². The maximum absolute atomic E-state index is 5.70. The second kappa shape index (κ2) is 5.09. The van der Waals surface area contributed by atoms with Gasteiger partial charge >= 0.3 is 0 Å². The Morgan fingerprint density at radius 3 is 2.53 bits per heavy atom. The highest BCUT2D eigenvalue weighted by molar-refractivity contribution is 7.15. The van der Waals surface area contributed by atoms with Gasteiger partial charge in [0.1, 0.15) is 0 Å². The summed E-state index contributed by atoms with van der Waals surface area (Å²) in [6.45, 7) is 6.27. The fourth-order valence-electron chi connectivity index (χ4n) is 2.56. The highest BCUT2D eigenvalue weighted by Crippen LogP contribution is 2.34. The average Bonchev–Trinajstić information content (AvgIpc) is 2.85. The fourth-order valence-corrected chi connectivity index (χ4v) is 3.26. The average molecular weight is 274 g/mol. The van der Waals surface area contributed by atoms with E-state index in [0.29, 0.717) is 5.13 Å². The van der Waals surface area contributed by atoms with E-state index in [1.807, 2.05) is 6.20 Å². The molecule has 100 valence electrons. The van der Waals surface area contributed by atoms with Crippen LogP contribution in [0.1, 0.15) is 11.8 Å². The molecular weight excluding hydrogens is 256 g/mol. The minimum absolute atomic E-state index is 0.649. The molecule has 0 aliphatic carbocycles. The lowest BCUT2D eigenvalue weighted by Crippen LogP contribution is -2.40. The van der Waals surface area contributed by atoms with Gasteiger partial charge < -0.3 is 15.5 Å². The molecule has 1 aromatic carbocycles. The molecule has 1 aliphatic rings. The van der Waals surface area contributed by atoms with Crippen LogP contribution in [-0.4, -0.2) is 24.6 Å². The maximum atomic E-state index is 5.70. The number of fused-ring (bicyclic) bond motifs is 1. The van der Waals surface area contributed by atoms with Gasteiger partial charge in [0.15, 0.2) is 5.13 Å². The van der Waals surface area contributed by atoms with Crippen molar-refractivity contribution in [1.29, 1.82) is 0 Å². The van der Waals surface area contributed by atoms with Crippen molar-refractivity contribution in [3.05, 3.63) is 35.3 Å². The predicted molar refractivity (Wildman–Crippen MR) is 81.9 cm³/mol. The molecule has 4 nitrogen and oxygen atoms in total. The van der Waals surface area contributed by atoms with Crippen molar-refractivity contribution >= 4 is 27.8 Å². The molecule has 0 fully saturated rings. The third-order valence-electron chi connectivity index (χ3n) is 3.50. The van der Waals surface area contributed by atoms with E-state index in [1.54, 1.807) is 11.3 Å².